The van der Waals surface area contributed by atoms with Gasteiger partial charge in [0.15, 0.2) is 9.84 Å². The molecule has 3 N–H and O–H groups in total. The Hall–Kier alpha value is -1.47. The fourth-order valence-electron chi connectivity index (χ4n) is 1.47. The average molecular weight is 288 g/mol. The van der Waals surface area contributed by atoms with Gasteiger partial charge in [-0.3, -0.25) is 4.79 Å². The van der Waals surface area contributed by atoms with Gasteiger partial charge in [0.2, 0.25) is 5.91 Å². The largest absolute Gasteiger partial charge is 0.330 e. The molecule has 0 radical (unpaired) electrons. The Morgan fingerprint density at radius 3 is 2.47 bits per heavy atom. The van der Waals surface area contributed by atoms with Crippen molar-refractivity contribution in [1.29, 1.82) is 0 Å². The van der Waals surface area contributed by atoms with E-state index in [9.17, 15) is 17.6 Å². The zero-order valence-corrected chi connectivity index (χ0v) is 11.4. The van der Waals surface area contributed by atoms with Crippen molar-refractivity contribution >= 4 is 21.4 Å². The van der Waals surface area contributed by atoms with Gasteiger partial charge in [-0.25, -0.2) is 12.8 Å². The maximum absolute atomic E-state index is 12.7. The van der Waals surface area contributed by atoms with Gasteiger partial charge in [-0.2, -0.15) is 0 Å². The highest BCUT2D eigenvalue weighted by molar-refractivity contribution is 7.92. The van der Waals surface area contributed by atoms with Crippen LogP contribution in [0, 0.1) is 5.82 Å². The minimum Gasteiger partial charge on any atom is -0.330 e. The predicted octanol–water partition coefficient (Wildman–Crippen LogP) is 0.916. The molecule has 0 aliphatic heterocycles. The highest BCUT2D eigenvalue weighted by Crippen LogP contribution is 2.10. The minimum atomic E-state index is -3.52. The maximum Gasteiger partial charge on any atom is 0.239 e. The Morgan fingerprint density at radius 1 is 1.37 bits per heavy atom. The highest BCUT2D eigenvalue weighted by atomic mass is 32.2. The molecule has 0 aliphatic carbocycles. The van der Waals surface area contributed by atoms with Crippen LogP contribution < -0.4 is 11.1 Å². The van der Waals surface area contributed by atoms with E-state index >= 15 is 0 Å². The monoisotopic (exact) mass is 288 g/mol. The van der Waals surface area contributed by atoms with Crippen molar-refractivity contribution in [3.8, 4) is 0 Å². The van der Waals surface area contributed by atoms with Crippen LogP contribution in [0.3, 0.4) is 0 Å². The average Bonchev–Trinajstić information content (AvgIpc) is 2.31. The molecular formula is C12H17FN2O3S. The quantitative estimate of drug-likeness (QED) is 0.814. The summed E-state index contributed by atoms with van der Waals surface area (Å²) < 4.78 is 36.3. The van der Waals surface area contributed by atoms with Crippen LogP contribution in [-0.2, 0) is 14.6 Å². The summed E-state index contributed by atoms with van der Waals surface area (Å²) in [6, 6.07) is 5.09. The van der Waals surface area contributed by atoms with Crippen LogP contribution >= 0.6 is 0 Å². The highest BCUT2D eigenvalue weighted by Gasteiger charge is 2.23. The smallest absolute Gasteiger partial charge is 0.239 e. The van der Waals surface area contributed by atoms with E-state index in [2.05, 4.69) is 5.32 Å². The number of hydrogen-bond acceptors (Lipinski definition) is 4. The number of benzene rings is 1. The molecule has 1 rings (SSSR count). The van der Waals surface area contributed by atoms with Gasteiger partial charge in [0.1, 0.15) is 11.6 Å². The maximum atomic E-state index is 12.7. The third-order valence-corrected chi connectivity index (χ3v) is 4.77. The van der Waals surface area contributed by atoms with E-state index < -0.39 is 32.6 Å². The first-order valence-corrected chi connectivity index (χ1v) is 7.54. The van der Waals surface area contributed by atoms with Crippen molar-refractivity contribution < 1.29 is 17.6 Å². The second-order valence-corrected chi connectivity index (χ2v) is 6.67. The Kier molecular flexibility index (Phi) is 5.44. The molecule has 0 bridgehead atoms. The lowest BCUT2D eigenvalue weighted by Gasteiger charge is -2.11. The fourth-order valence-corrected chi connectivity index (χ4v) is 2.69. The van der Waals surface area contributed by atoms with Crippen LogP contribution in [0.25, 0.3) is 0 Å². The minimum absolute atomic E-state index is 0.250. The molecule has 0 aromatic heterocycles. The third-order valence-electron chi connectivity index (χ3n) is 2.65. The van der Waals surface area contributed by atoms with E-state index in [-0.39, 0.29) is 6.54 Å². The first-order valence-electron chi connectivity index (χ1n) is 5.82. The summed E-state index contributed by atoms with van der Waals surface area (Å²) in [6.07, 6.45) is 0.312. The van der Waals surface area contributed by atoms with Crippen molar-refractivity contribution in [2.75, 3.05) is 17.6 Å². The normalized spacial score (nSPS) is 13.0. The topological polar surface area (TPSA) is 89.3 Å². The number of rotatable bonds is 6. The summed E-state index contributed by atoms with van der Waals surface area (Å²) in [5, 5.41) is 1.75. The molecule has 0 saturated carbocycles. The van der Waals surface area contributed by atoms with E-state index in [0.29, 0.717) is 12.1 Å². The number of sulfone groups is 1. The van der Waals surface area contributed by atoms with E-state index in [0.717, 1.165) is 0 Å². The lowest BCUT2D eigenvalue weighted by Crippen LogP contribution is -2.30. The molecule has 1 atom stereocenters. The molecular weight excluding hydrogens is 271 g/mol. The van der Waals surface area contributed by atoms with E-state index in [1.165, 1.54) is 31.2 Å². The molecule has 1 aromatic rings. The molecule has 0 saturated heterocycles. The molecule has 1 unspecified atom stereocenters. The first-order chi connectivity index (χ1) is 8.85. The molecule has 106 valence electrons. The number of carbonyl (C=O) groups excluding carboxylic acids is 1. The predicted molar refractivity (Wildman–Crippen MR) is 71.9 cm³/mol. The number of halogens is 1. The van der Waals surface area contributed by atoms with Gasteiger partial charge < -0.3 is 11.1 Å². The van der Waals surface area contributed by atoms with E-state index in [1.54, 1.807) is 0 Å². The van der Waals surface area contributed by atoms with Crippen LogP contribution in [0.2, 0.25) is 0 Å². The summed E-state index contributed by atoms with van der Waals surface area (Å²) in [7, 11) is -3.52. The van der Waals surface area contributed by atoms with Crippen molar-refractivity contribution in [2.24, 2.45) is 5.73 Å². The van der Waals surface area contributed by atoms with E-state index in [4.69, 9.17) is 5.73 Å². The standard InChI is InChI=1S/C12H17FN2O3S/c1-9(6-7-14)19(17,18)8-12(16)15-11-4-2-10(13)3-5-11/h2-5,9H,6-8,14H2,1H3,(H,15,16). The molecule has 19 heavy (non-hydrogen) atoms. The van der Waals surface area contributed by atoms with Crippen LogP contribution in [0.4, 0.5) is 10.1 Å². The van der Waals surface area contributed by atoms with Gasteiger partial charge in [0, 0.05) is 5.69 Å². The Bertz CT molecular complexity index is 528. The fraction of sp³-hybridized carbons (Fsp3) is 0.417. The van der Waals surface area contributed by atoms with Crippen LogP contribution in [0.15, 0.2) is 24.3 Å². The SMILES string of the molecule is CC(CCN)S(=O)(=O)CC(=O)Nc1ccc(F)cc1. The van der Waals surface area contributed by atoms with Crippen LogP contribution in [-0.4, -0.2) is 31.9 Å². The molecule has 0 spiro atoms. The number of amides is 1. The lowest BCUT2D eigenvalue weighted by molar-refractivity contribution is -0.113. The zero-order chi connectivity index (χ0) is 14.5. The van der Waals surface area contributed by atoms with Gasteiger partial charge in [-0.05, 0) is 44.2 Å². The summed E-state index contributed by atoms with van der Waals surface area (Å²) in [4.78, 5) is 11.6. The van der Waals surface area contributed by atoms with Crippen molar-refractivity contribution in [3.63, 3.8) is 0 Å². The van der Waals surface area contributed by atoms with Crippen molar-refractivity contribution in [1.82, 2.24) is 0 Å². The Balaban J connectivity index is 2.62. The van der Waals surface area contributed by atoms with Crippen LogP contribution in [0.5, 0.6) is 0 Å². The molecule has 0 aliphatic rings. The zero-order valence-electron chi connectivity index (χ0n) is 10.6. The number of nitrogens with two attached hydrogens (primary N) is 1. The Morgan fingerprint density at radius 2 is 1.95 bits per heavy atom. The summed E-state index contributed by atoms with van der Waals surface area (Å²) in [6.45, 7) is 1.77. The van der Waals surface area contributed by atoms with Crippen LogP contribution in [0.1, 0.15) is 13.3 Å². The van der Waals surface area contributed by atoms with Gasteiger partial charge >= 0.3 is 0 Å². The number of carbonyl (C=O) groups is 1. The molecule has 0 fully saturated rings. The molecule has 1 amide bonds. The number of hydrogen-bond donors (Lipinski definition) is 2. The Labute approximate surface area is 111 Å². The third kappa shape index (κ3) is 4.96. The number of anilines is 1. The first kappa shape index (κ1) is 15.6. The summed E-state index contributed by atoms with van der Waals surface area (Å²) in [5.74, 6) is -1.68. The van der Waals surface area contributed by atoms with Crippen molar-refractivity contribution in [2.45, 2.75) is 18.6 Å². The lowest BCUT2D eigenvalue weighted by atomic mass is 10.3. The summed E-state index contributed by atoms with van der Waals surface area (Å²) >= 11 is 0. The molecule has 5 nitrogen and oxygen atoms in total. The molecule has 1 aromatic carbocycles. The van der Waals surface area contributed by atoms with Gasteiger partial charge in [-0.1, -0.05) is 0 Å². The number of nitrogens with one attached hydrogen (secondary N) is 1. The van der Waals surface area contributed by atoms with Crippen molar-refractivity contribution in [3.05, 3.63) is 30.1 Å². The molecule has 7 heteroatoms. The summed E-state index contributed by atoms with van der Waals surface area (Å²) in [5.41, 5.74) is 5.65. The van der Waals surface area contributed by atoms with Gasteiger partial charge in [-0.15, -0.1) is 0 Å². The molecule has 0 heterocycles. The second kappa shape index (κ2) is 6.63. The van der Waals surface area contributed by atoms with Gasteiger partial charge in [0.05, 0.1) is 5.25 Å². The van der Waals surface area contributed by atoms with Gasteiger partial charge in [0.25, 0.3) is 0 Å². The van der Waals surface area contributed by atoms with E-state index in [1.807, 2.05) is 0 Å². The second-order valence-electron chi connectivity index (χ2n) is 4.25.